The molecule has 0 N–H and O–H groups in total. The van der Waals surface area contributed by atoms with Crippen LogP contribution in [0, 0.1) is 12.7 Å². The third-order valence-corrected chi connectivity index (χ3v) is 5.60. The third kappa shape index (κ3) is 3.63. The molecule has 1 aliphatic heterocycles. The predicted molar refractivity (Wildman–Crippen MR) is 118 cm³/mol. The Labute approximate surface area is 179 Å². The number of carbonyl (C=O) groups excluding carboxylic acids is 1. The first kappa shape index (κ1) is 19.2. The van der Waals surface area contributed by atoms with E-state index in [1.54, 1.807) is 27.6 Å². The lowest BCUT2D eigenvalue weighted by molar-refractivity contribution is 0.0737. The monoisotopic (exact) mass is 415 g/mol. The highest BCUT2D eigenvalue weighted by Crippen LogP contribution is 2.23. The number of nitrogens with zero attached hydrogens (tertiary/aromatic N) is 5. The van der Waals surface area contributed by atoms with Gasteiger partial charge in [-0.3, -0.25) is 4.79 Å². The zero-order valence-electron chi connectivity index (χ0n) is 17.2. The van der Waals surface area contributed by atoms with Crippen molar-refractivity contribution in [3.8, 4) is 11.3 Å². The Morgan fingerprint density at radius 2 is 1.65 bits per heavy atom. The van der Waals surface area contributed by atoms with Crippen LogP contribution in [0.1, 0.15) is 16.2 Å². The van der Waals surface area contributed by atoms with Crippen molar-refractivity contribution in [2.75, 3.05) is 31.1 Å². The summed E-state index contributed by atoms with van der Waals surface area (Å²) in [5.41, 5.74) is 4.23. The minimum Gasteiger partial charge on any atom is -0.366 e. The van der Waals surface area contributed by atoms with E-state index in [-0.39, 0.29) is 11.7 Å². The van der Waals surface area contributed by atoms with Gasteiger partial charge in [-0.25, -0.2) is 13.9 Å². The van der Waals surface area contributed by atoms with Crippen LogP contribution < -0.4 is 4.90 Å². The summed E-state index contributed by atoms with van der Waals surface area (Å²) in [7, 11) is 0. The summed E-state index contributed by atoms with van der Waals surface area (Å²) in [5, 5.41) is 4.66. The van der Waals surface area contributed by atoms with E-state index >= 15 is 0 Å². The number of benzene rings is 2. The smallest absolute Gasteiger partial charge is 0.272 e. The number of aryl methyl sites for hydroxylation is 1. The van der Waals surface area contributed by atoms with Gasteiger partial charge in [-0.2, -0.15) is 5.10 Å². The van der Waals surface area contributed by atoms with Crippen LogP contribution in [0.2, 0.25) is 0 Å². The Morgan fingerprint density at radius 1 is 0.935 bits per heavy atom. The van der Waals surface area contributed by atoms with E-state index in [0.717, 1.165) is 17.0 Å². The summed E-state index contributed by atoms with van der Waals surface area (Å²) in [5.74, 6) is -0.329. The summed E-state index contributed by atoms with van der Waals surface area (Å²) < 4.78 is 15.7. The molecule has 2 aromatic heterocycles. The number of para-hydroxylation sites is 1. The molecule has 1 aliphatic rings. The van der Waals surface area contributed by atoms with Crippen molar-refractivity contribution in [2.45, 2.75) is 6.92 Å². The molecule has 0 unspecified atom stereocenters. The second kappa shape index (κ2) is 7.83. The Kier molecular flexibility index (Phi) is 4.86. The van der Waals surface area contributed by atoms with Crippen molar-refractivity contribution in [3.63, 3.8) is 0 Å². The molecule has 31 heavy (non-hydrogen) atoms. The lowest BCUT2D eigenvalue weighted by atomic mass is 10.2. The summed E-state index contributed by atoms with van der Waals surface area (Å²) in [4.78, 5) is 21.7. The number of rotatable bonds is 3. The molecule has 0 spiro atoms. The highest BCUT2D eigenvalue weighted by molar-refractivity contribution is 5.93. The molecule has 2 aromatic carbocycles. The Morgan fingerprint density at radius 3 is 2.39 bits per heavy atom. The fraction of sp³-hybridized carbons (Fsp3) is 0.208. The van der Waals surface area contributed by atoms with E-state index in [1.807, 2.05) is 54.3 Å². The van der Waals surface area contributed by atoms with Crippen LogP contribution >= 0.6 is 0 Å². The molecular weight excluding hydrogens is 393 g/mol. The largest absolute Gasteiger partial charge is 0.366 e. The number of amides is 1. The van der Waals surface area contributed by atoms with Gasteiger partial charge >= 0.3 is 0 Å². The SMILES string of the molecule is Cc1cc(C(=O)N2CCN(c3ccccc3F)CC2)n2nc(-c3ccccc3)cc2n1. The highest BCUT2D eigenvalue weighted by Gasteiger charge is 2.26. The molecule has 5 rings (SSSR count). The molecule has 0 saturated carbocycles. The van der Waals surface area contributed by atoms with Crippen LogP contribution in [0.15, 0.2) is 66.7 Å². The summed E-state index contributed by atoms with van der Waals surface area (Å²) >= 11 is 0. The molecule has 1 amide bonds. The number of hydrogen-bond acceptors (Lipinski definition) is 4. The van der Waals surface area contributed by atoms with Gasteiger partial charge in [0, 0.05) is 43.5 Å². The van der Waals surface area contributed by atoms with Gasteiger partial charge in [0.1, 0.15) is 11.5 Å². The minimum atomic E-state index is -0.237. The molecule has 6 nitrogen and oxygen atoms in total. The van der Waals surface area contributed by atoms with Crippen LogP contribution in [0.4, 0.5) is 10.1 Å². The van der Waals surface area contributed by atoms with Gasteiger partial charge in [0.15, 0.2) is 5.65 Å². The molecule has 1 fully saturated rings. The average Bonchev–Trinajstić information content (AvgIpc) is 3.23. The molecular formula is C24H22FN5O. The second-order valence-corrected chi connectivity index (χ2v) is 7.68. The van der Waals surface area contributed by atoms with Gasteiger partial charge in [-0.1, -0.05) is 42.5 Å². The van der Waals surface area contributed by atoms with E-state index in [4.69, 9.17) is 0 Å². The maximum Gasteiger partial charge on any atom is 0.272 e. The Bertz CT molecular complexity index is 1250. The average molecular weight is 415 g/mol. The number of anilines is 1. The normalized spacial score (nSPS) is 14.3. The molecule has 0 atom stereocenters. The Hall–Kier alpha value is -3.74. The summed E-state index contributed by atoms with van der Waals surface area (Å²) in [6.07, 6.45) is 0. The van der Waals surface area contributed by atoms with Gasteiger partial charge < -0.3 is 9.80 Å². The predicted octanol–water partition coefficient (Wildman–Crippen LogP) is 3.81. The number of piperazine rings is 1. The molecule has 1 saturated heterocycles. The van der Waals surface area contributed by atoms with Gasteiger partial charge in [-0.05, 0) is 25.1 Å². The molecule has 0 bridgehead atoms. The summed E-state index contributed by atoms with van der Waals surface area (Å²) in [6.45, 7) is 4.07. The first-order valence-electron chi connectivity index (χ1n) is 10.3. The van der Waals surface area contributed by atoms with E-state index in [2.05, 4.69) is 10.1 Å². The van der Waals surface area contributed by atoms with Crippen molar-refractivity contribution in [1.29, 1.82) is 0 Å². The van der Waals surface area contributed by atoms with Crippen molar-refractivity contribution in [1.82, 2.24) is 19.5 Å². The third-order valence-electron chi connectivity index (χ3n) is 5.60. The van der Waals surface area contributed by atoms with Gasteiger partial charge in [0.2, 0.25) is 0 Å². The molecule has 4 aromatic rings. The van der Waals surface area contributed by atoms with E-state index < -0.39 is 0 Å². The van der Waals surface area contributed by atoms with Crippen LogP contribution in [0.3, 0.4) is 0 Å². The van der Waals surface area contributed by atoms with E-state index in [1.165, 1.54) is 6.07 Å². The Balaban J connectivity index is 1.41. The summed E-state index contributed by atoms with van der Waals surface area (Å²) in [6, 6.07) is 20.3. The van der Waals surface area contributed by atoms with Gasteiger partial charge in [0.25, 0.3) is 5.91 Å². The fourth-order valence-electron chi connectivity index (χ4n) is 4.02. The minimum absolute atomic E-state index is 0.0913. The van der Waals surface area contributed by atoms with Crippen LogP contribution in [-0.2, 0) is 0 Å². The number of halogens is 1. The lowest BCUT2D eigenvalue weighted by Crippen LogP contribution is -2.49. The quantitative estimate of drug-likeness (QED) is 0.511. The number of carbonyl (C=O) groups is 1. The molecule has 0 radical (unpaired) electrons. The maximum absolute atomic E-state index is 14.1. The number of hydrogen-bond donors (Lipinski definition) is 0. The maximum atomic E-state index is 14.1. The van der Waals surface area contributed by atoms with Crippen molar-refractivity contribution >= 4 is 17.2 Å². The van der Waals surface area contributed by atoms with Gasteiger partial charge in [-0.15, -0.1) is 0 Å². The molecule has 7 heteroatoms. The number of aromatic nitrogens is 3. The van der Waals surface area contributed by atoms with Crippen molar-refractivity contribution in [2.24, 2.45) is 0 Å². The second-order valence-electron chi connectivity index (χ2n) is 7.68. The fourth-order valence-corrected chi connectivity index (χ4v) is 4.02. The highest BCUT2D eigenvalue weighted by atomic mass is 19.1. The molecule has 0 aliphatic carbocycles. The van der Waals surface area contributed by atoms with Crippen LogP contribution in [-0.4, -0.2) is 51.6 Å². The van der Waals surface area contributed by atoms with Crippen LogP contribution in [0.5, 0.6) is 0 Å². The lowest BCUT2D eigenvalue weighted by Gasteiger charge is -2.36. The topological polar surface area (TPSA) is 53.7 Å². The van der Waals surface area contributed by atoms with Crippen molar-refractivity contribution in [3.05, 3.63) is 83.9 Å². The molecule has 3 heterocycles. The first-order chi connectivity index (χ1) is 15.1. The zero-order chi connectivity index (χ0) is 21.4. The van der Waals surface area contributed by atoms with E-state index in [9.17, 15) is 9.18 Å². The van der Waals surface area contributed by atoms with Gasteiger partial charge in [0.05, 0.1) is 11.4 Å². The number of fused-ring (bicyclic) bond motifs is 1. The van der Waals surface area contributed by atoms with E-state index in [0.29, 0.717) is 43.2 Å². The van der Waals surface area contributed by atoms with Crippen LogP contribution in [0.25, 0.3) is 16.9 Å². The zero-order valence-corrected chi connectivity index (χ0v) is 17.2. The van der Waals surface area contributed by atoms with Crippen molar-refractivity contribution < 1.29 is 9.18 Å². The standard InChI is InChI=1S/C24H22FN5O/c1-17-15-22(30-23(26-17)16-20(27-30)18-7-3-2-4-8-18)24(31)29-13-11-28(12-14-29)21-10-6-5-9-19(21)25/h2-10,15-16H,11-14H2,1H3. The first-order valence-corrected chi connectivity index (χ1v) is 10.3. The molecule has 156 valence electrons.